The molecule has 2 aromatic carbocycles. The Kier molecular flexibility index (Phi) is 3.73. The third-order valence-electron chi connectivity index (χ3n) is 4.62. The minimum absolute atomic E-state index is 0.0110. The highest BCUT2D eigenvalue weighted by molar-refractivity contribution is 7.07. The van der Waals surface area contributed by atoms with Gasteiger partial charge in [-0.2, -0.15) is 4.98 Å². The predicted octanol–water partition coefficient (Wildman–Crippen LogP) is 4.78. The zero-order valence-corrected chi connectivity index (χ0v) is 15.9. The van der Waals surface area contributed by atoms with Crippen LogP contribution in [0, 0.1) is 0 Å². The number of ketones is 1. The number of carbonyl (C=O) groups excluding carboxylic acids is 1. The van der Waals surface area contributed by atoms with Crippen LogP contribution in [-0.4, -0.2) is 25.3 Å². The molecular weight excluding hydrogens is 374 g/mol. The molecule has 0 unspecified atom stereocenters. The number of anilines is 2. The van der Waals surface area contributed by atoms with Crippen molar-refractivity contribution in [3.05, 3.63) is 52.9 Å². The van der Waals surface area contributed by atoms with Crippen molar-refractivity contribution in [2.45, 2.75) is 6.92 Å². The van der Waals surface area contributed by atoms with Crippen LogP contribution in [0.4, 0.5) is 12.0 Å². The number of hydrogen-bond acceptors (Lipinski definition) is 7. The van der Waals surface area contributed by atoms with Gasteiger partial charge in [0.05, 0.1) is 22.2 Å². The summed E-state index contributed by atoms with van der Waals surface area (Å²) in [5.41, 5.74) is 7.40. The molecule has 5 aromatic rings. The van der Waals surface area contributed by atoms with Crippen molar-refractivity contribution in [1.82, 2.24) is 19.5 Å². The highest BCUT2D eigenvalue weighted by Crippen LogP contribution is 2.28. The van der Waals surface area contributed by atoms with Crippen molar-refractivity contribution in [2.75, 3.05) is 5.32 Å². The maximum atomic E-state index is 11.6. The van der Waals surface area contributed by atoms with E-state index in [1.165, 1.54) is 0 Å². The molecule has 0 spiro atoms. The molecule has 0 radical (unpaired) electrons. The molecule has 0 aliphatic heterocycles. The van der Waals surface area contributed by atoms with Crippen molar-refractivity contribution < 1.29 is 9.21 Å². The average molecular weight is 389 g/mol. The SMILES string of the molecule is CC(=O)c1ccc2c(c1)nc(Nc1nc3ccc(-c4cscn4)cc3o1)n2C. The summed E-state index contributed by atoms with van der Waals surface area (Å²) in [5, 5.41) is 5.12. The van der Waals surface area contributed by atoms with Crippen LogP contribution in [0.25, 0.3) is 33.4 Å². The number of benzene rings is 2. The van der Waals surface area contributed by atoms with Crippen LogP contribution in [0.1, 0.15) is 17.3 Å². The number of fused-ring (bicyclic) bond motifs is 2. The monoisotopic (exact) mass is 389 g/mol. The standard InChI is InChI=1S/C20H15N5O2S/c1-11(26)12-4-6-17-15(7-12)22-19(25(17)2)24-20-23-14-5-3-13(8-18(14)27-20)16-9-28-10-21-16/h3-10H,1-2H3,(H,22,23,24). The van der Waals surface area contributed by atoms with E-state index in [1.54, 1.807) is 35.9 Å². The summed E-state index contributed by atoms with van der Waals surface area (Å²) < 4.78 is 7.77. The Morgan fingerprint density at radius 3 is 2.82 bits per heavy atom. The average Bonchev–Trinajstić information content (AvgIpc) is 3.40. The number of aromatic nitrogens is 4. The molecule has 0 amide bonds. The van der Waals surface area contributed by atoms with Gasteiger partial charge in [-0.1, -0.05) is 6.07 Å². The number of nitrogens with one attached hydrogen (secondary N) is 1. The lowest BCUT2D eigenvalue weighted by Gasteiger charge is -2.01. The molecule has 3 aromatic heterocycles. The quantitative estimate of drug-likeness (QED) is 0.445. The lowest BCUT2D eigenvalue weighted by atomic mass is 10.1. The summed E-state index contributed by atoms with van der Waals surface area (Å²) in [6, 6.07) is 11.6. The number of Topliss-reactive ketones (excluding diaryl/α,β-unsaturated/α-hetero) is 1. The molecule has 8 heteroatoms. The van der Waals surface area contributed by atoms with E-state index in [9.17, 15) is 4.79 Å². The van der Waals surface area contributed by atoms with E-state index in [2.05, 4.69) is 20.3 Å². The van der Waals surface area contributed by atoms with Crippen LogP contribution in [0.2, 0.25) is 0 Å². The number of nitrogens with zero attached hydrogens (tertiary/aromatic N) is 4. The number of imidazole rings is 1. The first-order valence-corrected chi connectivity index (χ1v) is 9.56. The second-order valence-corrected chi connectivity index (χ2v) is 7.17. The van der Waals surface area contributed by atoms with Crippen molar-refractivity contribution in [3.8, 4) is 11.3 Å². The fraction of sp³-hybridized carbons (Fsp3) is 0.100. The maximum Gasteiger partial charge on any atom is 0.302 e. The van der Waals surface area contributed by atoms with Crippen LogP contribution in [-0.2, 0) is 7.05 Å². The Morgan fingerprint density at radius 1 is 1.14 bits per heavy atom. The number of oxazole rings is 1. The van der Waals surface area contributed by atoms with Gasteiger partial charge in [-0.3, -0.25) is 10.1 Å². The normalized spacial score (nSPS) is 11.4. The summed E-state index contributed by atoms with van der Waals surface area (Å²) in [5.74, 6) is 0.596. The van der Waals surface area contributed by atoms with Gasteiger partial charge in [0.1, 0.15) is 5.52 Å². The molecule has 0 saturated carbocycles. The molecule has 1 N–H and O–H groups in total. The van der Waals surface area contributed by atoms with Gasteiger partial charge in [-0.05, 0) is 37.3 Å². The molecule has 0 fully saturated rings. The summed E-state index contributed by atoms with van der Waals surface area (Å²) in [4.78, 5) is 25.0. The molecule has 0 atom stereocenters. The van der Waals surface area contributed by atoms with E-state index in [-0.39, 0.29) is 5.78 Å². The first kappa shape index (κ1) is 16.6. The molecule has 28 heavy (non-hydrogen) atoms. The van der Waals surface area contributed by atoms with Gasteiger partial charge in [-0.25, -0.2) is 9.97 Å². The van der Waals surface area contributed by atoms with Crippen molar-refractivity contribution >= 4 is 51.2 Å². The van der Waals surface area contributed by atoms with Gasteiger partial charge < -0.3 is 8.98 Å². The molecule has 3 heterocycles. The van der Waals surface area contributed by atoms with Crippen LogP contribution < -0.4 is 5.32 Å². The zero-order chi connectivity index (χ0) is 19.3. The van der Waals surface area contributed by atoms with E-state index in [0.717, 1.165) is 27.8 Å². The highest BCUT2D eigenvalue weighted by atomic mass is 32.1. The molecular formula is C20H15N5O2S. The van der Waals surface area contributed by atoms with Crippen molar-refractivity contribution in [2.24, 2.45) is 7.05 Å². The van der Waals surface area contributed by atoms with Gasteiger partial charge in [0.15, 0.2) is 11.4 Å². The van der Waals surface area contributed by atoms with E-state index in [1.807, 2.05) is 41.3 Å². The fourth-order valence-electron chi connectivity index (χ4n) is 3.12. The van der Waals surface area contributed by atoms with Crippen LogP contribution in [0.15, 0.2) is 51.7 Å². The summed E-state index contributed by atoms with van der Waals surface area (Å²) >= 11 is 1.55. The van der Waals surface area contributed by atoms with Crippen LogP contribution >= 0.6 is 11.3 Å². The topological polar surface area (TPSA) is 85.8 Å². The Labute approximate surface area is 163 Å². The number of hydrogen-bond donors (Lipinski definition) is 1. The summed E-state index contributed by atoms with van der Waals surface area (Å²) in [7, 11) is 1.90. The first-order valence-electron chi connectivity index (χ1n) is 8.62. The van der Waals surface area contributed by atoms with E-state index in [0.29, 0.717) is 23.1 Å². The molecule has 0 aliphatic rings. The number of aryl methyl sites for hydroxylation is 1. The smallest absolute Gasteiger partial charge is 0.302 e. The van der Waals surface area contributed by atoms with Crippen molar-refractivity contribution in [3.63, 3.8) is 0 Å². The van der Waals surface area contributed by atoms with Gasteiger partial charge in [-0.15, -0.1) is 11.3 Å². The Morgan fingerprint density at radius 2 is 2.04 bits per heavy atom. The van der Waals surface area contributed by atoms with Crippen molar-refractivity contribution in [1.29, 1.82) is 0 Å². The molecule has 0 saturated heterocycles. The minimum atomic E-state index is 0.0110. The molecule has 0 aliphatic carbocycles. The number of carbonyl (C=O) groups is 1. The first-order chi connectivity index (χ1) is 13.6. The molecule has 7 nitrogen and oxygen atoms in total. The molecule has 138 valence electrons. The minimum Gasteiger partial charge on any atom is -0.423 e. The van der Waals surface area contributed by atoms with Gasteiger partial charge in [0, 0.05) is 23.6 Å². The largest absolute Gasteiger partial charge is 0.423 e. The maximum absolute atomic E-state index is 11.6. The van der Waals surface area contributed by atoms with Gasteiger partial charge in [0.2, 0.25) is 5.95 Å². The summed E-state index contributed by atoms with van der Waals surface area (Å²) in [6.07, 6.45) is 0. The lowest BCUT2D eigenvalue weighted by Crippen LogP contribution is -1.99. The predicted molar refractivity (Wildman–Crippen MR) is 109 cm³/mol. The molecule has 5 rings (SSSR count). The second-order valence-electron chi connectivity index (χ2n) is 6.45. The third kappa shape index (κ3) is 2.74. The Balaban J connectivity index is 1.51. The Bertz CT molecular complexity index is 1330. The number of thiazole rings is 1. The Hall–Kier alpha value is -3.52. The highest BCUT2D eigenvalue weighted by Gasteiger charge is 2.13. The van der Waals surface area contributed by atoms with Gasteiger partial charge in [0.25, 0.3) is 0 Å². The molecule has 0 bridgehead atoms. The lowest BCUT2D eigenvalue weighted by molar-refractivity contribution is 0.101. The second kappa shape index (κ2) is 6.28. The van der Waals surface area contributed by atoms with Crippen LogP contribution in [0.3, 0.4) is 0 Å². The van der Waals surface area contributed by atoms with Gasteiger partial charge >= 0.3 is 6.01 Å². The zero-order valence-electron chi connectivity index (χ0n) is 15.1. The third-order valence-corrected chi connectivity index (χ3v) is 5.21. The number of rotatable bonds is 4. The van der Waals surface area contributed by atoms with E-state index < -0.39 is 0 Å². The van der Waals surface area contributed by atoms with Crippen LogP contribution in [0.5, 0.6) is 0 Å². The summed E-state index contributed by atoms with van der Waals surface area (Å²) in [6.45, 7) is 1.54. The fourth-order valence-corrected chi connectivity index (χ4v) is 3.68. The van der Waals surface area contributed by atoms with E-state index >= 15 is 0 Å². The van der Waals surface area contributed by atoms with E-state index in [4.69, 9.17) is 4.42 Å².